The first-order chi connectivity index (χ1) is 5.33. The smallest absolute Gasteiger partial charge is 0.0540 e. The minimum atomic E-state index is 1.12. The Morgan fingerprint density at radius 1 is 1.45 bits per heavy atom. The number of hydrogen-bond donors (Lipinski definition) is 1. The Kier molecular flexibility index (Phi) is 2.66. The molecule has 0 unspecified atom stereocenters. The van der Waals surface area contributed by atoms with E-state index in [1.807, 2.05) is 12.1 Å². The van der Waals surface area contributed by atoms with Crippen LogP contribution in [0.3, 0.4) is 0 Å². The maximum Gasteiger partial charge on any atom is 0.0540 e. The number of hydrazone groups is 1. The van der Waals surface area contributed by atoms with Crippen LogP contribution < -0.4 is 5.43 Å². The van der Waals surface area contributed by atoms with Gasteiger partial charge in [0.1, 0.15) is 0 Å². The quantitative estimate of drug-likeness (QED) is 0.499. The third kappa shape index (κ3) is 2.42. The van der Waals surface area contributed by atoms with Crippen molar-refractivity contribution in [1.29, 1.82) is 0 Å². The van der Waals surface area contributed by atoms with E-state index in [0.29, 0.717) is 0 Å². The summed E-state index contributed by atoms with van der Waals surface area (Å²) in [6.45, 7) is 2.07. The van der Waals surface area contributed by atoms with E-state index in [0.717, 1.165) is 5.56 Å². The second-order valence-electron chi connectivity index (χ2n) is 2.40. The molecule has 1 aromatic rings. The van der Waals surface area contributed by atoms with Crippen molar-refractivity contribution in [2.75, 3.05) is 7.05 Å². The van der Waals surface area contributed by atoms with Crippen LogP contribution in [0, 0.1) is 6.92 Å². The second kappa shape index (κ2) is 3.76. The molecule has 0 aliphatic rings. The van der Waals surface area contributed by atoms with Gasteiger partial charge in [0, 0.05) is 7.05 Å². The third-order valence-corrected chi connectivity index (χ3v) is 1.38. The molecule has 0 radical (unpaired) electrons. The van der Waals surface area contributed by atoms with Crippen molar-refractivity contribution in [2.24, 2.45) is 5.10 Å². The van der Waals surface area contributed by atoms with Crippen LogP contribution in [0.25, 0.3) is 0 Å². The summed E-state index contributed by atoms with van der Waals surface area (Å²) in [5, 5.41) is 3.91. The van der Waals surface area contributed by atoms with Crippen LogP contribution in [-0.4, -0.2) is 13.3 Å². The highest BCUT2D eigenvalue weighted by Crippen LogP contribution is 2.00. The molecule has 0 saturated carbocycles. The van der Waals surface area contributed by atoms with Crippen LogP contribution in [0.2, 0.25) is 0 Å². The van der Waals surface area contributed by atoms with Crippen molar-refractivity contribution in [2.45, 2.75) is 6.92 Å². The van der Waals surface area contributed by atoms with E-state index in [1.54, 1.807) is 13.3 Å². The lowest BCUT2D eigenvalue weighted by Gasteiger charge is -1.93. The highest BCUT2D eigenvalue weighted by atomic mass is 15.3. The number of nitrogens with zero attached hydrogens (tertiary/aromatic N) is 1. The summed E-state index contributed by atoms with van der Waals surface area (Å²) in [7, 11) is 1.78. The Labute approximate surface area is 66.9 Å². The van der Waals surface area contributed by atoms with Gasteiger partial charge in [-0.25, -0.2) is 0 Å². The van der Waals surface area contributed by atoms with Gasteiger partial charge in [-0.15, -0.1) is 0 Å². The molecule has 0 fully saturated rings. The number of rotatable bonds is 2. The molecule has 0 aliphatic carbocycles. The lowest BCUT2D eigenvalue weighted by molar-refractivity contribution is 0.908. The lowest BCUT2D eigenvalue weighted by Crippen LogP contribution is -1.94. The molecule has 58 valence electrons. The second-order valence-corrected chi connectivity index (χ2v) is 2.40. The summed E-state index contributed by atoms with van der Waals surface area (Å²) >= 11 is 0. The monoisotopic (exact) mass is 148 g/mol. The number of aryl methyl sites for hydroxylation is 1. The van der Waals surface area contributed by atoms with Crippen molar-refractivity contribution in [1.82, 2.24) is 5.43 Å². The Hall–Kier alpha value is -1.31. The minimum absolute atomic E-state index is 1.12. The van der Waals surface area contributed by atoms with Crippen LogP contribution in [0.1, 0.15) is 11.1 Å². The molecule has 11 heavy (non-hydrogen) atoms. The summed E-state index contributed by atoms with van der Waals surface area (Å²) in [4.78, 5) is 0. The Balaban J connectivity index is 2.79. The molecule has 0 bridgehead atoms. The molecular formula is C9H12N2. The normalized spacial score (nSPS) is 10.4. The van der Waals surface area contributed by atoms with E-state index < -0.39 is 0 Å². The Bertz CT molecular complexity index is 253. The maximum absolute atomic E-state index is 3.91. The zero-order chi connectivity index (χ0) is 8.10. The van der Waals surface area contributed by atoms with Crippen LogP contribution in [0.4, 0.5) is 0 Å². The standard InChI is InChI=1S/C9H12N2/c1-8-4-3-5-9(6-8)7-11-10-2/h3-7,10H,1-2H3/b11-7+. The van der Waals surface area contributed by atoms with E-state index in [-0.39, 0.29) is 0 Å². The zero-order valence-electron chi connectivity index (χ0n) is 6.83. The molecule has 2 nitrogen and oxygen atoms in total. The van der Waals surface area contributed by atoms with Gasteiger partial charge in [-0.05, 0) is 12.5 Å². The number of benzene rings is 1. The van der Waals surface area contributed by atoms with Gasteiger partial charge in [-0.3, -0.25) is 0 Å². The third-order valence-electron chi connectivity index (χ3n) is 1.38. The van der Waals surface area contributed by atoms with Crippen LogP contribution in [-0.2, 0) is 0 Å². The molecule has 1 aromatic carbocycles. The first-order valence-electron chi connectivity index (χ1n) is 3.59. The molecule has 0 aromatic heterocycles. The van der Waals surface area contributed by atoms with Gasteiger partial charge in [0.25, 0.3) is 0 Å². The average molecular weight is 148 g/mol. The molecule has 1 N–H and O–H groups in total. The van der Waals surface area contributed by atoms with E-state index in [9.17, 15) is 0 Å². The SMILES string of the molecule is CN/N=C/c1cccc(C)c1. The van der Waals surface area contributed by atoms with Crippen molar-refractivity contribution >= 4 is 6.21 Å². The average Bonchev–Trinajstić information content (AvgIpc) is 2.01. The topological polar surface area (TPSA) is 24.4 Å². The summed E-state index contributed by atoms with van der Waals surface area (Å²) in [5.41, 5.74) is 5.08. The maximum atomic E-state index is 3.91. The lowest BCUT2D eigenvalue weighted by atomic mass is 10.2. The fraction of sp³-hybridized carbons (Fsp3) is 0.222. The van der Waals surface area contributed by atoms with Crippen LogP contribution in [0.5, 0.6) is 0 Å². The van der Waals surface area contributed by atoms with E-state index in [4.69, 9.17) is 0 Å². The van der Waals surface area contributed by atoms with Gasteiger partial charge >= 0.3 is 0 Å². The molecular weight excluding hydrogens is 136 g/mol. The zero-order valence-corrected chi connectivity index (χ0v) is 6.83. The summed E-state index contributed by atoms with van der Waals surface area (Å²) < 4.78 is 0. The molecule has 0 atom stereocenters. The summed E-state index contributed by atoms with van der Waals surface area (Å²) in [6.07, 6.45) is 1.80. The van der Waals surface area contributed by atoms with Gasteiger partial charge in [0.05, 0.1) is 6.21 Å². The summed E-state index contributed by atoms with van der Waals surface area (Å²) in [5.74, 6) is 0. The fourth-order valence-electron chi connectivity index (χ4n) is 0.890. The number of hydrogen-bond acceptors (Lipinski definition) is 2. The van der Waals surface area contributed by atoms with Gasteiger partial charge in [0.15, 0.2) is 0 Å². The minimum Gasteiger partial charge on any atom is -0.313 e. The summed E-state index contributed by atoms with van der Waals surface area (Å²) in [6, 6.07) is 8.19. The molecule has 0 spiro atoms. The van der Waals surface area contributed by atoms with Gasteiger partial charge in [-0.2, -0.15) is 5.10 Å². The van der Waals surface area contributed by atoms with Gasteiger partial charge in [-0.1, -0.05) is 29.8 Å². The first kappa shape index (κ1) is 7.79. The highest BCUT2D eigenvalue weighted by Gasteiger charge is 1.86. The first-order valence-corrected chi connectivity index (χ1v) is 3.59. The fourth-order valence-corrected chi connectivity index (χ4v) is 0.890. The highest BCUT2D eigenvalue weighted by molar-refractivity contribution is 5.79. The Morgan fingerprint density at radius 2 is 2.27 bits per heavy atom. The van der Waals surface area contributed by atoms with Crippen LogP contribution in [0.15, 0.2) is 29.4 Å². The van der Waals surface area contributed by atoms with Crippen molar-refractivity contribution < 1.29 is 0 Å². The molecule has 0 aliphatic heterocycles. The van der Waals surface area contributed by atoms with Crippen molar-refractivity contribution in [3.63, 3.8) is 0 Å². The van der Waals surface area contributed by atoms with Crippen LogP contribution >= 0.6 is 0 Å². The van der Waals surface area contributed by atoms with Gasteiger partial charge < -0.3 is 5.43 Å². The molecule has 1 rings (SSSR count). The predicted octanol–water partition coefficient (Wildman–Crippen LogP) is 1.55. The molecule has 0 saturated heterocycles. The van der Waals surface area contributed by atoms with Gasteiger partial charge in [0.2, 0.25) is 0 Å². The van der Waals surface area contributed by atoms with Crippen molar-refractivity contribution in [3.05, 3.63) is 35.4 Å². The van der Waals surface area contributed by atoms with E-state index in [2.05, 4.69) is 29.6 Å². The van der Waals surface area contributed by atoms with Crippen molar-refractivity contribution in [3.8, 4) is 0 Å². The number of nitrogens with one attached hydrogen (secondary N) is 1. The Morgan fingerprint density at radius 3 is 2.91 bits per heavy atom. The molecule has 0 heterocycles. The predicted molar refractivity (Wildman–Crippen MR) is 47.8 cm³/mol. The molecule has 2 heteroatoms. The molecule has 0 amide bonds. The van der Waals surface area contributed by atoms with E-state index >= 15 is 0 Å². The largest absolute Gasteiger partial charge is 0.313 e. The van der Waals surface area contributed by atoms with E-state index in [1.165, 1.54) is 5.56 Å².